The van der Waals surface area contributed by atoms with Gasteiger partial charge in [0, 0.05) is 30.5 Å². The lowest BCUT2D eigenvalue weighted by Gasteiger charge is -2.23. The van der Waals surface area contributed by atoms with Crippen LogP contribution in [-0.4, -0.2) is 48.6 Å². The van der Waals surface area contributed by atoms with Crippen LogP contribution in [0.25, 0.3) is 0 Å². The molecular weight excluding hydrogens is 298 g/mol. The molecule has 1 aromatic carbocycles. The predicted molar refractivity (Wildman–Crippen MR) is 102 cm³/mol. The molecule has 130 valence electrons. The summed E-state index contributed by atoms with van der Waals surface area (Å²) >= 11 is 0. The van der Waals surface area contributed by atoms with Crippen molar-refractivity contribution in [2.45, 2.75) is 27.2 Å². The Morgan fingerprint density at radius 2 is 1.88 bits per heavy atom. The maximum absolute atomic E-state index is 4.72. The van der Waals surface area contributed by atoms with Crippen molar-refractivity contribution < 1.29 is 0 Å². The molecule has 0 spiro atoms. The number of anilines is 3. The van der Waals surface area contributed by atoms with Crippen LogP contribution in [-0.2, 0) is 0 Å². The van der Waals surface area contributed by atoms with Crippen molar-refractivity contribution in [1.82, 2.24) is 14.9 Å². The molecule has 0 aliphatic heterocycles. The lowest BCUT2D eigenvalue weighted by molar-refractivity contribution is 0.405. The Labute approximate surface area is 145 Å². The van der Waals surface area contributed by atoms with Crippen molar-refractivity contribution in [2.24, 2.45) is 0 Å². The number of nitrogens with zero attached hydrogens (tertiary/aromatic N) is 4. The highest BCUT2D eigenvalue weighted by Crippen LogP contribution is 2.25. The molecule has 24 heavy (non-hydrogen) atoms. The van der Waals surface area contributed by atoms with Gasteiger partial charge < -0.3 is 15.1 Å². The highest BCUT2D eigenvalue weighted by Gasteiger charge is 2.11. The second-order valence-corrected chi connectivity index (χ2v) is 6.36. The van der Waals surface area contributed by atoms with Crippen molar-refractivity contribution in [2.75, 3.05) is 43.9 Å². The fraction of sp³-hybridized carbons (Fsp3) is 0.474. The third kappa shape index (κ3) is 5.20. The molecule has 0 aliphatic carbocycles. The summed E-state index contributed by atoms with van der Waals surface area (Å²) in [4.78, 5) is 13.6. The average molecular weight is 327 g/mol. The monoisotopic (exact) mass is 327 g/mol. The summed E-state index contributed by atoms with van der Waals surface area (Å²) in [5.41, 5.74) is 3.38. The molecule has 0 unspecified atom stereocenters. The van der Waals surface area contributed by atoms with Crippen LogP contribution in [0.4, 0.5) is 17.5 Å². The SMILES string of the molecule is CCN(c1cccc(C)c1)c1cc(C)nc(NCCCN(C)C)n1. The van der Waals surface area contributed by atoms with Crippen molar-refractivity contribution in [1.29, 1.82) is 0 Å². The molecule has 1 N–H and O–H groups in total. The second kappa shape index (κ2) is 8.64. The van der Waals surface area contributed by atoms with E-state index in [0.29, 0.717) is 5.95 Å². The first kappa shape index (κ1) is 18.2. The van der Waals surface area contributed by atoms with E-state index < -0.39 is 0 Å². The van der Waals surface area contributed by atoms with Gasteiger partial charge in [0.25, 0.3) is 0 Å². The minimum atomic E-state index is 0.704. The summed E-state index contributed by atoms with van der Waals surface area (Å²) in [6, 6.07) is 10.5. The molecule has 0 bridgehead atoms. The maximum atomic E-state index is 4.72. The number of hydrogen-bond acceptors (Lipinski definition) is 5. The Hall–Kier alpha value is -2.14. The second-order valence-electron chi connectivity index (χ2n) is 6.36. The van der Waals surface area contributed by atoms with Crippen molar-refractivity contribution in [3.63, 3.8) is 0 Å². The molecule has 0 saturated heterocycles. The lowest BCUT2D eigenvalue weighted by atomic mass is 10.2. The molecule has 2 rings (SSSR count). The third-order valence-corrected chi connectivity index (χ3v) is 3.81. The van der Waals surface area contributed by atoms with E-state index in [9.17, 15) is 0 Å². The molecule has 0 aliphatic rings. The molecule has 0 amide bonds. The first-order valence-corrected chi connectivity index (χ1v) is 8.58. The highest BCUT2D eigenvalue weighted by atomic mass is 15.2. The minimum absolute atomic E-state index is 0.704. The van der Waals surface area contributed by atoms with Gasteiger partial charge in [-0.3, -0.25) is 0 Å². The average Bonchev–Trinajstić information content (AvgIpc) is 2.52. The van der Waals surface area contributed by atoms with Gasteiger partial charge in [-0.15, -0.1) is 0 Å². The summed E-state index contributed by atoms with van der Waals surface area (Å²) in [6.45, 7) is 9.05. The zero-order valence-electron chi connectivity index (χ0n) is 15.5. The Morgan fingerprint density at radius 1 is 1.08 bits per heavy atom. The molecule has 1 heterocycles. The Kier molecular flexibility index (Phi) is 6.55. The van der Waals surface area contributed by atoms with Crippen LogP contribution in [0.5, 0.6) is 0 Å². The van der Waals surface area contributed by atoms with E-state index in [1.165, 1.54) is 5.56 Å². The maximum Gasteiger partial charge on any atom is 0.224 e. The van der Waals surface area contributed by atoms with Gasteiger partial charge in [0.2, 0.25) is 5.95 Å². The summed E-state index contributed by atoms with van der Waals surface area (Å²) in [7, 11) is 4.17. The van der Waals surface area contributed by atoms with Crippen LogP contribution in [0, 0.1) is 13.8 Å². The normalized spacial score (nSPS) is 10.9. The van der Waals surface area contributed by atoms with Gasteiger partial charge in [0.05, 0.1) is 0 Å². The zero-order chi connectivity index (χ0) is 17.5. The summed E-state index contributed by atoms with van der Waals surface area (Å²) in [5, 5.41) is 3.35. The van der Waals surface area contributed by atoms with Crippen LogP contribution >= 0.6 is 0 Å². The van der Waals surface area contributed by atoms with Crippen LogP contribution < -0.4 is 10.2 Å². The van der Waals surface area contributed by atoms with E-state index in [1.54, 1.807) is 0 Å². The fourth-order valence-electron chi connectivity index (χ4n) is 2.64. The number of aryl methyl sites for hydroxylation is 2. The zero-order valence-corrected chi connectivity index (χ0v) is 15.5. The number of benzene rings is 1. The molecule has 1 aromatic heterocycles. The quantitative estimate of drug-likeness (QED) is 0.750. The lowest BCUT2D eigenvalue weighted by Crippen LogP contribution is -2.20. The van der Waals surface area contributed by atoms with Crippen LogP contribution in [0.15, 0.2) is 30.3 Å². The van der Waals surface area contributed by atoms with Crippen molar-refractivity contribution >= 4 is 17.5 Å². The van der Waals surface area contributed by atoms with Gasteiger partial charge in [-0.1, -0.05) is 12.1 Å². The predicted octanol–water partition coefficient (Wildman–Crippen LogP) is 3.62. The van der Waals surface area contributed by atoms with Gasteiger partial charge >= 0.3 is 0 Å². The number of nitrogens with one attached hydrogen (secondary N) is 1. The smallest absolute Gasteiger partial charge is 0.224 e. The minimum Gasteiger partial charge on any atom is -0.354 e. The van der Waals surface area contributed by atoms with Gasteiger partial charge in [0.15, 0.2) is 0 Å². The fourth-order valence-corrected chi connectivity index (χ4v) is 2.64. The first-order valence-electron chi connectivity index (χ1n) is 8.58. The molecule has 5 nitrogen and oxygen atoms in total. The summed E-state index contributed by atoms with van der Waals surface area (Å²) < 4.78 is 0. The van der Waals surface area contributed by atoms with E-state index in [4.69, 9.17) is 4.98 Å². The number of aromatic nitrogens is 2. The molecule has 0 radical (unpaired) electrons. The van der Waals surface area contributed by atoms with E-state index >= 15 is 0 Å². The molecule has 0 atom stereocenters. The van der Waals surface area contributed by atoms with Gasteiger partial charge in [-0.25, -0.2) is 4.98 Å². The van der Waals surface area contributed by atoms with E-state index in [0.717, 1.165) is 43.3 Å². The Bertz CT molecular complexity index is 654. The van der Waals surface area contributed by atoms with E-state index in [1.807, 2.05) is 13.0 Å². The van der Waals surface area contributed by atoms with Crippen LogP contribution in [0.1, 0.15) is 24.6 Å². The standard InChI is InChI=1S/C19H29N5/c1-6-24(17-10-7-9-15(2)13-17)18-14-16(3)21-19(22-18)20-11-8-12-23(4)5/h7,9-10,13-14H,6,8,11-12H2,1-5H3,(H,20,21,22). The summed E-state index contributed by atoms with van der Waals surface area (Å²) in [6.07, 6.45) is 1.06. The van der Waals surface area contributed by atoms with Gasteiger partial charge in [-0.05, 0) is 65.5 Å². The van der Waals surface area contributed by atoms with Crippen LogP contribution in [0.3, 0.4) is 0 Å². The molecule has 0 fully saturated rings. The topological polar surface area (TPSA) is 44.3 Å². The molecule has 0 saturated carbocycles. The highest BCUT2D eigenvalue weighted by molar-refractivity contribution is 5.61. The Balaban J connectivity index is 2.16. The Morgan fingerprint density at radius 3 is 2.54 bits per heavy atom. The molecule has 2 aromatic rings. The van der Waals surface area contributed by atoms with Crippen molar-refractivity contribution in [3.8, 4) is 0 Å². The number of hydrogen-bond donors (Lipinski definition) is 1. The molecular formula is C19H29N5. The van der Waals surface area contributed by atoms with Gasteiger partial charge in [-0.2, -0.15) is 4.98 Å². The molecule has 5 heteroatoms. The third-order valence-electron chi connectivity index (χ3n) is 3.81. The van der Waals surface area contributed by atoms with Crippen molar-refractivity contribution in [3.05, 3.63) is 41.6 Å². The van der Waals surface area contributed by atoms with E-state index in [-0.39, 0.29) is 0 Å². The van der Waals surface area contributed by atoms with Crippen LogP contribution in [0.2, 0.25) is 0 Å². The number of rotatable bonds is 8. The largest absolute Gasteiger partial charge is 0.354 e. The van der Waals surface area contributed by atoms with E-state index in [2.05, 4.69) is 72.3 Å². The first-order chi connectivity index (χ1) is 11.5. The summed E-state index contributed by atoms with van der Waals surface area (Å²) in [5.74, 6) is 1.64. The van der Waals surface area contributed by atoms with Gasteiger partial charge in [0.1, 0.15) is 5.82 Å².